The van der Waals surface area contributed by atoms with Crippen molar-refractivity contribution in [1.82, 2.24) is 9.88 Å². The second kappa shape index (κ2) is 6.86. The van der Waals surface area contributed by atoms with Gasteiger partial charge in [0.25, 0.3) is 6.43 Å². The third-order valence-corrected chi connectivity index (χ3v) is 4.11. The Morgan fingerprint density at radius 1 is 1.22 bits per heavy atom. The molecule has 0 saturated heterocycles. The molecule has 2 aromatic rings. The van der Waals surface area contributed by atoms with E-state index in [0.29, 0.717) is 6.42 Å². The first-order chi connectivity index (χ1) is 11.1. The van der Waals surface area contributed by atoms with Crippen molar-refractivity contribution in [3.8, 4) is 0 Å². The van der Waals surface area contributed by atoms with E-state index in [1.165, 1.54) is 4.90 Å². The summed E-state index contributed by atoms with van der Waals surface area (Å²) in [5, 5.41) is 0. The molecule has 120 valence electrons. The molecule has 1 aliphatic rings. The third kappa shape index (κ3) is 3.92. The summed E-state index contributed by atoms with van der Waals surface area (Å²) in [5.74, 6) is -0.295. The lowest BCUT2D eigenvalue weighted by molar-refractivity contribution is -0.135. The molecule has 2 atom stereocenters. The molecule has 0 bridgehead atoms. The Kier molecular flexibility index (Phi) is 4.65. The Morgan fingerprint density at radius 3 is 2.65 bits per heavy atom. The first-order valence-electron chi connectivity index (χ1n) is 7.66. The van der Waals surface area contributed by atoms with Crippen LogP contribution in [0.25, 0.3) is 0 Å². The van der Waals surface area contributed by atoms with E-state index in [0.717, 1.165) is 11.1 Å². The van der Waals surface area contributed by atoms with Gasteiger partial charge in [-0.2, -0.15) is 0 Å². The summed E-state index contributed by atoms with van der Waals surface area (Å²) in [7, 11) is 0. The topological polar surface area (TPSA) is 33.2 Å². The summed E-state index contributed by atoms with van der Waals surface area (Å²) in [4.78, 5) is 17.9. The van der Waals surface area contributed by atoms with Crippen molar-refractivity contribution in [2.24, 2.45) is 5.92 Å². The van der Waals surface area contributed by atoms with Crippen LogP contribution in [0.3, 0.4) is 0 Å². The number of amides is 1. The minimum absolute atomic E-state index is 0.104. The maximum Gasteiger partial charge on any atom is 0.255 e. The zero-order valence-corrected chi connectivity index (χ0v) is 12.6. The molecule has 1 aliphatic carbocycles. The highest BCUT2D eigenvalue weighted by Gasteiger charge is 2.46. The van der Waals surface area contributed by atoms with Gasteiger partial charge in [-0.3, -0.25) is 9.78 Å². The minimum Gasteiger partial charge on any atom is -0.332 e. The van der Waals surface area contributed by atoms with Crippen LogP contribution >= 0.6 is 0 Å². The number of hydrogen-bond acceptors (Lipinski definition) is 2. The number of benzene rings is 1. The van der Waals surface area contributed by atoms with Gasteiger partial charge in [-0.05, 0) is 29.5 Å². The van der Waals surface area contributed by atoms with Crippen LogP contribution in [-0.2, 0) is 11.3 Å². The molecule has 1 saturated carbocycles. The molecule has 0 unspecified atom stereocenters. The molecule has 5 heteroatoms. The zero-order chi connectivity index (χ0) is 16.2. The SMILES string of the molecule is O=C([C@@H]1C[C@@H]1c1cccnc1)N(Cc1ccccc1)CC(F)F. The number of pyridine rings is 1. The Hall–Kier alpha value is -2.30. The zero-order valence-electron chi connectivity index (χ0n) is 12.6. The average Bonchev–Trinajstić information content (AvgIpc) is 3.35. The summed E-state index contributed by atoms with van der Waals surface area (Å²) in [6.45, 7) is -0.301. The highest BCUT2D eigenvalue weighted by Crippen LogP contribution is 2.48. The molecule has 0 spiro atoms. The smallest absolute Gasteiger partial charge is 0.255 e. The van der Waals surface area contributed by atoms with Crippen LogP contribution in [0.1, 0.15) is 23.5 Å². The number of carbonyl (C=O) groups excluding carboxylic acids is 1. The first-order valence-corrected chi connectivity index (χ1v) is 7.66. The van der Waals surface area contributed by atoms with E-state index in [-0.39, 0.29) is 24.3 Å². The second-order valence-electron chi connectivity index (χ2n) is 5.83. The first kappa shape index (κ1) is 15.6. The van der Waals surface area contributed by atoms with E-state index in [1.54, 1.807) is 12.4 Å². The van der Waals surface area contributed by atoms with Crippen LogP contribution in [0.4, 0.5) is 8.78 Å². The predicted molar refractivity (Wildman–Crippen MR) is 82.9 cm³/mol. The Bertz CT molecular complexity index is 649. The molecule has 1 aromatic heterocycles. The van der Waals surface area contributed by atoms with Crippen LogP contribution in [0, 0.1) is 5.92 Å². The molecule has 1 aromatic carbocycles. The molecule has 0 N–H and O–H groups in total. The van der Waals surface area contributed by atoms with E-state index in [4.69, 9.17) is 0 Å². The molecule has 1 heterocycles. The fourth-order valence-corrected chi connectivity index (χ4v) is 2.87. The van der Waals surface area contributed by atoms with Crippen molar-refractivity contribution in [2.75, 3.05) is 6.54 Å². The summed E-state index contributed by atoms with van der Waals surface area (Å²) in [6.07, 6.45) is 1.60. The largest absolute Gasteiger partial charge is 0.332 e. The molecular weight excluding hydrogens is 298 g/mol. The highest BCUT2D eigenvalue weighted by atomic mass is 19.3. The van der Waals surface area contributed by atoms with Gasteiger partial charge in [0.2, 0.25) is 5.91 Å². The summed E-state index contributed by atoms with van der Waals surface area (Å²) >= 11 is 0. The van der Waals surface area contributed by atoms with E-state index in [1.807, 2.05) is 42.5 Å². The number of alkyl halides is 2. The van der Waals surface area contributed by atoms with E-state index in [2.05, 4.69) is 4.98 Å². The molecule has 3 nitrogen and oxygen atoms in total. The van der Waals surface area contributed by atoms with Gasteiger partial charge in [-0.1, -0.05) is 36.4 Å². The molecular formula is C18H18F2N2O. The standard InChI is InChI=1S/C18H18F2N2O/c19-17(20)12-22(11-13-5-2-1-3-6-13)18(23)16-9-15(16)14-7-4-8-21-10-14/h1-8,10,15-17H,9,11-12H2/t15-,16-/m1/s1. The van der Waals surface area contributed by atoms with Gasteiger partial charge in [0.05, 0.1) is 6.54 Å². The van der Waals surface area contributed by atoms with Crippen LogP contribution in [0.2, 0.25) is 0 Å². The van der Waals surface area contributed by atoms with Crippen molar-refractivity contribution in [1.29, 1.82) is 0 Å². The number of aromatic nitrogens is 1. The fourth-order valence-electron chi connectivity index (χ4n) is 2.87. The fraction of sp³-hybridized carbons (Fsp3) is 0.333. The van der Waals surface area contributed by atoms with Gasteiger partial charge in [0.15, 0.2) is 0 Å². The van der Waals surface area contributed by atoms with Crippen LogP contribution in [-0.4, -0.2) is 28.8 Å². The quantitative estimate of drug-likeness (QED) is 0.817. The number of carbonyl (C=O) groups is 1. The lowest BCUT2D eigenvalue weighted by Crippen LogP contribution is -2.36. The Balaban J connectivity index is 1.69. The van der Waals surface area contributed by atoms with Crippen LogP contribution in [0.15, 0.2) is 54.9 Å². The Morgan fingerprint density at radius 2 is 2.00 bits per heavy atom. The monoisotopic (exact) mass is 316 g/mol. The van der Waals surface area contributed by atoms with Gasteiger partial charge < -0.3 is 4.90 Å². The van der Waals surface area contributed by atoms with Crippen molar-refractivity contribution in [3.63, 3.8) is 0 Å². The van der Waals surface area contributed by atoms with Crippen molar-refractivity contribution in [2.45, 2.75) is 25.3 Å². The molecule has 23 heavy (non-hydrogen) atoms. The highest BCUT2D eigenvalue weighted by molar-refractivity contribution is 5.83. The lowest BCUT2D eigenvalue weighted by atomic mass is 10.1. The number of nitrogens with zero attached hydrogens (tertiary/aromatic N) is 2. The summed E-state index contributed by atoms with van der Waals surface area (Å²) in [5.41, 5.74) is 1.86. The second-order valence-corrected chi connectivity index (χ2v) is 5.83. The number of rotatable bonds is 6. The third-order valence-electron chi connectivity index (χ3n) is 4.11. The predicted octanol–water partition coefficient (Wildman–Crippen LogP) is 3.48. The van der Waals surface area contributed by atoms with Gasteiger partial charge >= 0.3 is 0 Å². The van der Waals surface area contributed by atoms with E-state index >= 15 is 0 Å². The van der Waals surface area contributed by atoms with Gasteiger partial charge in [0.1, 0.15) is 0 Å². The molecule has 0 radical (unpaired) electrons. The van der Waals surface area contributed by atoms with Crippen molar-refractivity contribution < 1.29 is 13.6 Å². The van der Waals surface area contributed by atoms with Crippen LogP contribution < -0.4 is 0 Å². The minimum atomic E-state index is -2.53. The molecule has 0 aliphatic heterocycles. The lowest BCUT2D eigenvalue weighted by Gasteiger charge is -2.22. The number of halogens is 2. The summed E-state index contributed by atoms with van der Waals surface area (Å²) in [6, 6.07) is 13.0. The van der Waals surface area contributed by atoms with E-state index < -0.39 is 13.0 Å². The normalized spacial score (nSPS) is 19.6. The van der Waals surface area contributed by atoms with Crippen LogP contribution in [0.5, 0.6) is 0 Å². The van der Waals surface area contributed by atoms with Crippen molar-refractivity contribution in [3.05, 3.63) is 66.0 Å². The van der Waals surface area contributed by atoms with Crippen molar-refractivity contribution >= 4 is 5.91 Å². The van der Waals surface area contributed by atoms with Gasteiger partial charge in [-0.25, -0.2) is 8.78 Å². The van der Waals surface area contributed by atoms with E-state index in [9.17, 15) is 13.6 Å². The van der Waals surface area contributed by atoms with Gasteiger partial charge in [-0.15, -0.1) is 0 Å². The maximum atomic E-state index is 12.8. The molecule has 3 rings (SSSR count). The molecule has 1 amide bonds. The van der Waals surface area contributed by atoms with Gasteiger partial charge in [0, 0.05) is 24.9 Å². The summed E-state index contributed by atoms with van der Waals surface area (Å²) < 4.78 is 25.7. The number of hydrogen-bond donors (Lipinski definition) is 0. The average molecular weight is 316 g/mol. The molecule has 1 fully saturated rings. The maximum absolute atomic E-state index is 12.8. The Labute approximate surface area is 134 Å².